The van der Waals surface area contributed by atoms with E-state index in [2.05, 4.69) is 20.7 Å². The van der Waals surface area contributed by atoms with Crippen LogP contribution in [0, 0.1) is 0 Å². The number of aromatic nitrogens is 3. The van der Waals surface area contributed by atoms with Crippen LogP contribution in [0.15, 0.2) is 36.7 Å². The Bertz CT molecular complexity index is 628. The molecular weight excluding hydrogens is 282 g/mol. The maximum absolute atomic E-state index is 12.2. The highest BCUT2D eigenvalue weighted by Gasteiger charge is 2.24. The van der Waals surface area contributed by atoms with Crippen LogP contribution in [-0.4, -0.2) is 32.5 Å². The van der Waals surface area contributed by atoms with Crippen LogP contribution in [0.25, 0.3) is 0 Å². The number of nitrogens with zero attached hydrogens (tertiary/aromatic N) is 3. The highest BCUT2D eigenvalue weighted by atomic mass is 16.3. The van der Waals surface area contributed by atoms with Crippen molar-refractivity contribution in [3.05, 3.63) is 48.0 Å². The van der Waals surface area contributed by atoms with E-state index in [0.29, 0.717) is 0 Å². The Morgan fingerprint density at radius 1 is 1.41 bits per heavy atom. The van der Waals surface area contributed by atoms with Crippen LogP contribution in [-0.2, 0) is 6.54 Å². The van der Waals surface area contributed by atoms with Crippen molar-refractivity contribution in [1.29, 1.82) is 0 Å². The van der Waals surface area contributed by atoms with Gasteiger partial charge in [-0.05, 0) is 18.4 Å². The van der Waals surface area contributed by atoms with Gasteiger partial charge in [0.05, 0.1) is 18.7 Å². The lowest BCUT2D eigenvalue weighted by Gasteiger charge is -2.24. The van der Waals surface area contributed by atoms with Gasteiger partial charge >= 0.3 is 6.03 Å². The predicted molar refractivity (Wildman–Crippen MR) is 79.9 cm³/mol. The number of benzene rings is 1. The molecule has 3 rings (SSSR count). The van der Waals surface area contributed by atoms with Crippen molar-refractivity contribution < 1.29 is 9.90 Å². The van der Waals surface area contributed by atoms with Gasteiger partial charge in [-0.2, -0.15) is 5.10 Å². The molecule has 1 aliphatic rings. The molecule has 116 valence electrons. The Morgan fingerprint density at radius 3 is 3.00 bits per heavy atom. The summed E-state index contributed by atoms with van der Waals surface area (Å²) in [6, 6.07) is 8.50. The lowest BCUT2D eigenvalue weighted by atomic mass is 10.1. The van der Waals surface area contributed by atoms with E-state index in [4.69, 9.17) is 0 Å². The molecule has 0 saturated carbocycles. The number of amides is 2. The van der Waals surface area contributed by atoms with Crippen LogP contribution in [0.1, 0.15) is 36.3 Å². The summed E-state index contributed by atoms with van der Waals surface area (Å²) >= 11 is 0. The van der Waals surface area contributed by atoms with E-state index in [1.807, 2.05) is 35.0 Å². The molecule has 0 aliphatic carbocycles. The summed E-state index contributed by atoms with van der Waals surface area (Å²) in [4.78, 5) is 16.4. The van der Waals surface area contributed by atoms with Gasteiger partial charge in [-0.3, -0.25) is 0 Å². The number of rotatable bonds is 4. The Morgan fingerprint density at radius 2 is 2.23 bits per heavy atom. The molecule has 0 bridgehead atoms. The Labute approximate surface area is 128 Å². The number of carbonyl (C=O) groups excluding carboxylic acids is 1. The predicted octanol–water partition coefficient (Wildman–Crippen LogP) is 1.15. The standard InChI is InChI=1S/C15H19N5O2/c21-9-13(11-5-2-1-3-6-11)19-15(22)18-12-7-4-8-20-14(12)16-10-17-20/h1-3,5-6,10,12-13,21H,4,7-9H2,(H2,18,19,22)/t12?,13-/m1/s1. The third-order valence-corrected chi connectivity index (χ3v) is 3.82. The molecule has 1 aromatic heterocycles. The molecule has 2 heterocycles. The van der Waals surface area contributed by atoms with Gasteiger partial charge in [0.2, 0.25) is 0 Å². The lowest BCUT2D eigenvalue weighted by Crippen LogP contribution is -2.42. The number of aliphatic hydroxyl groups excluding tert-OH is 1. The maximum atomic E-state index is 12.2. The Hall–Kier alpha value is -2.41. The number of carbonyl (C=O) groups is 1. The third kappa shape index (κ3) is 3.09. The van der Waals surface area contributed by atoms with Crippen LogP contribution in [0.2, 0.25) is 0 Å². The molecule has 0 radical (unpaired) electrons. The van der Waals surface area contributed by atoms with Gasteiger partial charge in [-0.25, -0.2) is 14.5 Å². The fourth-order valence-corrected chi connectivity index (χ4v) is 2.70. The van der Waals surface area contributed by atoms with Crippen molar-refractivity contribution in [2.45, 2.75) is 31.5 Å². The second-order valence-electron chi connectivity index (χ2n) is 5.30. The second-order valence-corrected chi connectivity index (χ2v) is 5.30. The van der Waals surface area contributed by atoms with Gasteiger partial charge in [0.25, 0.3) is 0 Å². The SMILES string of the molecule is O=C(NC1CCCn2ncnc21)N[C@H](CO)c1ccccc1. The highest BCUT2D eigenvalue weighted by Crippen LogP contribution is 2.22. The summed E-state index contributed by atoms with van der Waals surface area (Å²) in [6.45, 7) is 0.677. The largest absolute Gasteiger partial charge is 0.394 e. The van der Waals surface area contributed by atoms with Crippen LogP contribution in [0.5, 0.6) is 0 Å². The molecule has 0 fully saturated rings. The highest BCUT2D eigenvalue weighted by molar-refractivity contribution is 5.75. The van der Waals surface area contributed by atoms with Crippen molar-refractivity contribution in [2.75, 3.05) is 6.61 Å². The normalized spacial score (nSPS) is 18.3. The average Bonchev–Trinajstić information content (AvgIpc) is 3.03. The van der Waals surface area contributed by atoms with E-state index < -0.39 is 6.04 Å². The molecule has 1 unspecified atom stereocenters. The number of fused-ring (bicyclic) bond motifs is 1. The third-order valence-electron chi connectivity index (χ3n) is 3.82. The maximum Gasteiger partial charge on any atom is 0.315 e. The van der Waals surface area contributed by atoms with Crippen molar-refractivity contribution in [1.82, 2.24) is 25.4 Å². The monoisotopic (exact) mass is 301 g/mol. The first-order valence-corrected chi connectivity index (χ1v) is 7.38. The molecule has 1 aliphatic heterocycles. The van der Waals surface area contributed by atoms with Crippen molar-refractivity contribution in [2.24, 2.45) is 0 Å². The molecule has 7 heteroatoms. The van der Waals surface area contributed by atoms with Crippen LogP contribution in [0.4, 0.5) is 4.79 Å². The molecule has 2 amide bonds. The zero-order valence-electron chi connectivity index (χ0n) is 12.1. The summed E-state index contributed by atoms with van der Waals surface area (Å²) in [6.07, 6.45) is 3.29. The zero-order valence-corrected chi connectivity index (χ0v) is 12.1. The number of hydrogen-bond acceptors (Lipinski definition) is 4. The van der Waals surface area contributed by atoms with Gasteiger partial charge in [0.15, 0.2) is 0 Å². The van der Waals surface area contributed by atoms with Gasteiger partial charge < -0.3 is 15.7 Å². The summed E-state index contributed by atoms with van der Waals surface area (Å²) in [7, 11) is 0. The van der Waals surface area contributed by atoms with E-state index in [9.17, 15) is 9.90 Å². The van der Waals surface area contributed by atoms with Crippen molar-refractivity contribution >= 4 is 6.03 Å². The van der Waals surface area contributed by atoms with Gasteiger partial charge in [0.1, 0.15) is 12.2 Å². The van der Waals surface area contributed by atoms with E-state index in [1.165, 1.54) is 6.33 Å². The number of aryl methyl sites for hydroxylation is 1. The summed E-state index contributed by atoms with van der Waals surface area (Å²) in [5.41, 5.74) is 0.868. The smallest absolute Gasteiger partial charge is 0.315 e. The molecule has 1 aromatic carbocycles. The average molecular weight is 301 g/mol. The second kappa shape index (κ2) is 6.57. The number of hydrogen-bond donors (Lipinski definition) is 3. The molecule has 3 N–H and O–H groups in total. The van der Waals surface area contributed by atoms with Gasteiger partial charge in [-0.1, -0.05) is 30.3 Å². The van der Waals surface area contributed by atoms with Crippen molar-refractivity contribution in [3.8, 4) is 0 Å². The first kappa shape index (κ1) is 14.5. The minimum absolute atomic E-state index is 0.147. The van der Waals surface area contributed by atoms with Crippen LogP contribution < -0.4 is 10.6 Å². The summed E-state index contributed by atoms with van der Waals surface area (Å²) < 4.78 is 1.81. The van der Waals surface area contributed by atoms with Gasteiger partial charge in [-0.15, -0.1) is 0 Å². The van der Waals surface area contributed by atoms with Gasteiger partial charge in [0, 0.05) is 6.54 Å². The molecule has 22 heavy (non-hydrogen) atoms. The van der Waals surface area contributed by atoms with E-state index in [-0.39, 0.29) is 18.7 Å². The Kier molecular flexibility index (Phi) is 4.34. The number of nitrogens with one attached hydrogen (secondary N) is 2. The molecule has 2 atom stereocenters. The molecule has 2 aromatic rings. The fraction of sp³-hybridized carbons (Fsp3) is 0.400. The molecule has 7 nitrogen and oxygen atoms in total. The zero-order chi connectivity index (χ0) is 15.4. The molecule has 0 spiro atoms. The number of urea groups is 1. The topological polar surface area (TPSA) is 92.1 Å². The first-order chi connectivity index (χ1) is 10.8. The summed E-state index contributed by atoms with van der Waals surface area (Å²) in [5, 5.41) is 19.3. The van der Waals surface area contributed by atoms with E-state index in [0.717, 1.165) is 30.8 Å². The first-order valence-electron chi connectivity index (χ1n) is 7.38. The summed E-state index contributed by atoms with van der Waals surface area (Å²) in [5.74, 6) is 0.779. The number of aliphatic hydroxyl groups is 1. The lowest BCUT2D eigenvalue weighted by molar-refractivity contribution is 0.211. The Balaban J connectivity index is 1.63. The van der Waals surface area contributed by atoms with E-state index >= 15 is 0 Å². The minimum Gasteiger partial charge on any atom is -0.394 e. The molecule has 0 saturated heterocycles. The van der Waals surface area contributed by atoms with E-state index in [1.54, 1.807) is 0 Å². The van der Waals surface area contributed by atoms with Crippen molar-refractivity contribution in [3.63, 3.8) is 0 Å². The van der Waals surface area contributed by atoms with Crippen LogP contribution >= 0.6 is 0 Å². The van der Waals surface area contributed by atoms with Crippen LogP contribution in [0.3, 0.4) is 0 Å². The fourth-order valence-electron chi connectivity index (χ4n) is 2.70. The minimum atomic E-state index is -0.428. The quantitative estimate of drug-likeness (QED) is 0.790. The molecular formula is C15H19N5O2.